The van der Waals surface area contributed by atoms with E-state index < -0.39 is 12.5 Å². The number of aryl methyl sites for hydroxylation is 2. The van der Waals surface area contributed by atoms with E-state index in [1.54, 1.807) is 30.3 Å². The number of aromatic nitrogens is 2. The number of carbonyl (C=O) groups excluding carboxylic acids is 1. The lowest BCUT2D eigenvalue weighted by Gasteiger charge is -2.16. The molecule has 1 heterocycles. The maximum atomic E-state index is 13.4. The van der Waals surface area contributed by atoms with Crippen molar-refractivity contribution in [3.8, 4) is 0 Å². The molecule has 3 aromatic rings. The van der Waals surface area contributed by atoms with Crippen molar-refractivity contribution in [2.75, 3.05) is 0 Å². The van der Waals surface area contributed by atoms with Crippen molar-refractivity contribution in [3.05, 3.63) is 65.0 Å². The Kier molecular flexibility index (Phi) is 4.41. The van der Waals surface area contributed by atoms with Crippen molar-refractivity contribution in [1.82, 2.24) is 9.55 Å². The van der Waals surface area contributed by atoms with Crippen molar-refractivity contribution >= 4 is 17.0 Å². The number of ether oxygens (including phenoxy) is 1. The molecule has 2 aromatic carbocycles. The van der Waals surface area contributed by atoms with Crippen molar-refractivity contribution in [3.63, 3.8) is 0 Å². The minimum Gasteiger partial charge on any atom is -0.454 e. The number of rotatable bonds is 4. The molecule has 1 aromatic heterocycles. The second-order valence-corrected chi connectivity index (χ2v) is 6.43. The van der Waals surface area contributed by atoms with E-state index in [-0.39, 0.29) is 12.4 Å². The normalized spacial score (nSPS) is 13.8. The van der Waals surface area contributed by atoms with Gasteiger partial charge in [-0.15, -0.1) is 0 Å². The minimum atomic E-state index is -2.75. The molecule has 0 spiro atoms. The van der Waals surface area contributed by atoms with Crippen LogP contribution < -0.4 is 0 Å². The Bertz CT molecular complexity index is 966. The Balaban J connectivity index is 1.55. The van der Waals surface area contributed by atoms with Crippen molar-refractivity contribution < 1.29 is 18.3 Å². The van der Waals surface area contributed by atoms with Crippen LogP contribution in [-0.2, 0) is 24.2 Å². The predicted molar refractivity (Wildman–Crippen MR) is 93.2 cm³/mol. The lowest BCUT2D eigenvalue weighted by molar-refractivity contribution is 0.0387. The highest BCUT2D eigenvalue weighted by atomic mass is 19.3. The summed E-state index contributed by atoms with van der Waals surface area (Å²) in [6.07, 6.45) is 4.27. The summed E-state index contributed by atoms with van der Waals surface area (Å²) in [4.78, 5) is 16.5. The van der Waals surface area contributed by atoms with E-state index in [0.29, 0.717) is 16.6 Å². The highest BCUT2D eigenvalue weighted by Gasteiger charge is 2.19. The molecule has 0 bridgehead atoms. The average molecular weight is 356 g/mol. The first-order valence-corrected chi connectivity index (χ1v) is 8.66. The van der Waals surface area contributed by atoms with E-state index in [0.717, 1.165) is 23.8 Å². The van der Waals surface area contributed by atoms with Crippen LogP contribution in [-0.4, -0.2) is 15.5 Å². The van der Waals surface area contributed by atoms with Crippen LogP contribution in [0.1, 0.15) is 46.7 Å². The molecule has 1 aliphatic carbocycles. The second-order valence-electron chi connectivity index (χ2n) is 6.43. The molecule has 26 heavy (non-hydrogen) atoms. The summed E-state index contributed by atoms with van der Waals surface area (Å²) in [6, 6.07) is 12.2. The Morgan fingerprint density at radius 1 is 1.12 bits per heavy atom. The zero-order chi connectivity index (χ0) is 18.1. The van der Waals surface area contributed by atoms with Gasteiger partial charge in [-0.25, -0.2) is 9.78 Å². The molecule has 6 heteroatoms. The van der Waals surface area contributed by atoms with Gasteiger partial charge >= 0.3 is 12.5 Å². The summed E-state index contributed by atoms with van der Waals surface area (Å²) in [7, 11) is 0. The lowest BCUT2D eigenvalue weighted by Crippen LogP contribution is -2.12. The number of carbonyl (C=O) groups is 1. The smallest absolute Gasteiger partial charge is 0.338 e. The fourth-order valence-corrected chi connectivity index (χ4v) is 3.49. The number of halogens is 2. The summed E-state index contributed by atoms with van der Waals surface area (Å²) >= 11 is 0. The molecule has 0 atom stereocenters. The van der Waals surface area contributed by atoms with Gasteiger partial charge in [0.2, 0.25) is 0 Å². The molecule has 0 unspecified atom stereocenters. The van der Waals surface area contributed by atoms with Gasteiger partial charge in [0.15, 0.2) is 5.82 Å². The quantitative estimate of drug-likeness (QED) is 0.638. The third kappa shape index (κ3) is 3.07. The number of para-hydroxylation sites is 2. The van der Waals surface area contributed by atoms with Gasteiger partial charge in [-0.05, 0) is 61.1 Å². The molecule has 0 fully saturated rings. The minimum absolute atomic E-state index is 0.0347. The highest BCUT2D eigenvalue weighted by molar-refractivity contribution is 5.89. The Morgan fingerprint density at radius 3 is 2.69 bits per heavy atom. The van der Waals surface area contributed by atoms with Crippen LogP contribution in [0.25, 0.3) is 11.0 Å². The number of nitrogens with zero attached hydrogens (tertiary/aromatic N) is 2. The molecule has 0 N–H and O–H groups in total. The van der Waals surface area contributed by atoms with Crippen LogP contribution in [0.15, 0.2) is 42.5 Å². The molecule has 0 aliphatic heterocycles. The van der Waals surface area contributed by atoms with Gasteiger partial charge in [-0.2, -0.15) is 8.78 Å². The van der Waals surface area contributed by atoms with Gasteiger partial charge in [0.25, 0.3) is 0 Å². The zero-order valence-electron chi connectivity index (χ0n) is 14.1. The number of hydrogen-bond acceptors (Lipinski definition) is 3. The van der Waals surface area contributed by atoms with Gasteiger partial charge in [0, 0.05) is 0 Å². The zero-order valence-corrected chi connectivity index (χ0v) is 14.1. The molecule has 0 amide bonds. The molecule has 1 aliphatic rings. The monoisotopic (exact) mass is 356 g/mol. The van der Waals surface area contributed by atoms with E-state index in [9.17, 15) is 13.6 Å². The van der Waals surface area contributed by atoms with Crippen molar-refractivity contribution in [2.45, 2.75) is 38.8 Å². The summed E-state index contributed by atoms with van der Waals surface area (Å²) in [6.45, 7) is -3.05. The summed E-state index contributed by atoms with van der Waals surface area (Å²) in [5.74, 6) is -0.487. The number of alkyl halides is 2. The SMILES string of the molecule is O=C(OCc1nc2ccccc2n1C(F)F)c1ccc2c(c1)CCCC2. The van der Waals surface area contributed by atoms with Crippen LogP contribution in [0.3, 0.4) is 0 Å². The first kappa shape index (κ1) is 16.7. The molecule has 4 rings (SSSR count). The van der Waals surface area contributed by atoms with E-state index in [2.05, 4.69) is 4.98 Å². The summed E-state index contributed by atoms with van der Waals surface area (Å²) < 4.78 is 32.9. The standard InChI is InChI=1S/C20H18F2N2O2/c21-20(22)24-17-8-4-3-7-16(17)23-18(24)12-26-19(25)15-10-9-13-5-1-2-6-14(13)11-15/h3-4,7-11,20H,1-2,5-6,12H2. The van der Waals surface area contributed by atoms with E-state index in [4.69, 9.17) is 4.74 Å². The van der Waals surface area contributed by atoms with E-state index in [1.165, 1.54) is 17.5 Å². The predicted octanol–water partition coefficient (Wildman–Crippen LogP) is 4.67. The molecule has 0 saturated carbocycles. The topological polar surface area (TPSA) is 44.1 Å². The molecule has 134 valence electrons. The number of hydrogen-bond donors (Lipinski definition) is 0. The third-order valence-electron chi connectivity index (χ3n) is 4.78. The van der Waals surface area contributed by atoms with Gasteiger partial charge in [0.05, 0.1) is 16.6 Å². The lowest BCUT2D eigenvalue weighted by atomic mass is 9.90. The van der Waals surface area contributed by atoms with Crippen LogP contribution in [0, 0.1) is 0 Å². The van der Waals surface area contributed by atoms with Crippen LogP contribution in [0.4, 0.5) is 8.78 Å². The average Bonchev–Trinajstić information content (AvgIpc) is 3.04. The third-order valence-corrected chi connectivity index (χ3v) is 4.78. The Morgan fingerprint density at radius 2 is 1.88 bits per heavy atom. The molecular formula is C20H18F2N2O2. The molecule has 0 saturated heterocycles. The largest absolute Gasteiger partial charge is 0.454 e. The van der Waals surface area contributed by atoms with Crippen molar-refractivity contribution in [2.24, 2.45) is 0 Å². The van der Waals surface area contributed by atoms with Crippen molar-refractivity contribution in [1.29, 1.82) is 0 Å². The molecule has 0 radical (unpaired) electrons. The van der Waals surface area contributed by atoms with Gasteiger partial charge < -0.3 is 4.74 Å². The number of benzene rings is 2. The van der Waals surface area contributed by atoms with Crippen LogP contribution in [0.2, 0.25) is 0 Å². The molecule has 4 nitrogen and oxygen atoms in total. The first-order valence-electron chi connectivity index (χ1n) is 8.66. The summed E-state index contributed by atoms with van der Waals surface area (Å²) in [5, 5.41) is 0. The highest BCUT2D eigenvalue weighted by Crippen LogP contribution is 2.25. The Hall–Kier alpha value is -2.76. The van der Waals surface area contributed by atoms with Gasteiger partial charge in [-0.1, -0.05) is 18.2 Å². The second kappa shape index (κ2) is 6.86. The number of fused-ring (bicyclic) bond motifs is 2. The van der Waals surface area contributed by atoms with Gasteiger partial charge in [0.1, 0.15) is 6.61 Å². The van der Waals surface area contributed by atoms with E-state index >= 15 is 0 Å². The Labute approximate surface area is 149 Å². The van der Waals surface area contributed by atoms with Crippen LogP contribution >= 0.6 is 0 Å². The summed E-state index contributed by atoms with van der Waals surface area (Å²) in [5.41, 5.74) is 3.66. The number of esters is 1. The molecular weight excluding hydrogens is 338 g/mol. The van der Waals surface area contributed by atoms with E-state index in [1.807, 2.05) is 12.1 Å². The van der Waals surface area contributed by atoms with Crippen LogP contribution in [0.5, 0.6) is 0 Å². The van der Waals surface area contributed by atoms with Gasteiger partial charge in [-0.3, -0.25) is 4.57 Å². The number of imidazole rings is 1. The maximum absolute atomic E-state index is 13.4. The fraction of sp³-hybridized carbons (Fsp3) is 0.300. The maximum Gasteiger partial charge on any atom is 0.338 e. The first-order chi connectivity index (χ1) is 12.6. The fourth-order valence-electron chi connectivity index (χ4n) is 3.49.